The van der Waals surface area contributed by atoms with Gasteiger partial charge in [0, 0.05) is 13.1 Å². The lowest BCUT2D eigenvalue weighted by Gasteiger charge is -1.94. The number of fused-ring (bicyclic) bond motifs is 1. The molecule has 2 rings (SSSR count). The summed E-state index contributed by atoms with van der Waals surface area (Å²) in [6.45, 7) is 1.85. The van der Waals surface area contributed by atoms with Crippen molar-refractivity contribution in [1.29, 1.82) is 0 Å². The molecule has 0 saturated carbocycles. The Kier molecular flexibility index (Phi) is 1.66. The quantitative estimate of drug-likeness (QED) is 0.691. The van der Waals surface area contributed by atoms with Crippen LogP contribution in [0.1, 0.15) is 5.69 Å². The smallest absolute Gasteiger partial charge is 0.251 e. The maximum Gasteiger partial charge on any atom is 0.251 e. The third-order valence-corrected chi connectivity index (χ3v) is 2.26. The molecule has 0 radical (unpaired) electrons. The highest BCUT2D eigenvalue weighted by molar-refractivity contribution is 6.35. The van der Waals surface area contributed by atoms with Crippen LogP contribution in [-0.2, 0) is 7.05 Å². The van der Waals surface area contributed by atoms with Crippen molar-refractivity contribution in [3.05, 3.63) is 27.1 Å². The predicted molar refractivity (Wildman–Crippen MR) is 51.1 cm³/mol. The van der Waals surface area contributed by atoms with Gasteiger partial charge in [-0.15, -0.1) is 0 Å². The van der Waals surface area contributed by atoms with Gasteiger partial charge in [0.1, 0.15) is 5.65 Å². The number of halogens is 1. The van der Waals surface area contributed by atoms with Gasteiger partial charge in [0.05, 0.1) is 16.1 Å². The van der Waals surface area contributed by atoms with Crippen molar-refractivity contribution in [2.24, 2.45) is 7.05 Å². The molecule has 0 amide bonds. The Morgan fingerprint density at radius 1 is 1.62 bits per heavy atom. The van der Waals surface area contributed by atoms with Crippen molar-refractivity contribution in [2.45, 2.75) is 6.92 Å². The number of hydrogen-bond donors (Lipinski definition) is 1. The molecule has 0 atom stereocenters. The maximum absolute atomic E-state index is 11.1. The number of pyridine rings is 1. The fourth-order valence-corrected chi connectivity index (χ4v) is 1.75. The fourth-order valence-electron chi connectivity index (χ4n) is 1.43. The molecule has 5 heteroatoms. The first-order chi connectivity index (χ1) is 6.09. The number of rotatable bonds is 0. The van der Waals surface area contributed by atoms with Crippen LogP contribution >= 0.6 is 11.6 Å². The largest absolute Gasteiger partial charge is 0.307 e. The fraction of sp³-hybridized carbons (Fsp3) is 0.250. The van der Waals surface area contributed by atoms with Gasteiger partial charge in [-0.1, -0.05) is 11.6 Å². The monoisotopic (exact) mass is 197 g/mol. The van der Waals surface area contributed by atoms with Gasteiger partial charge in [0.15, 0.2) is 0 Å². The molecule has 0 aliphatic rings. The lowest BCUT2D eigenvalue weighted by Crippen LogP contribution is -2.05. The van der Waals surface area contributed by atoms with Crippen molar-refractivity contribution >= 4 is 22.6 Å². The molecule has 2 aromatic heterocycles. The second-order valence-electron chi connectivity index (χ2n) is 2.91. The van der Waals surface area contributed by atoms with Gasteiger partial charge < -0.3 is 4.98 Å². The van der Waals surface area contributed by atoms with Crippen molar-refractivity contribution in [3.63, 3.8) is 0 Å². The van der Waals surface area contributed by atoms with Crippen LogP contribution in [0.4, 0.5) is 0 Å². The van der Waals surface area contributed by atoms with E-state index in [1.807, 2.05) is 6.92 Å². The van der Waals surface area contributed by atoms with E-state index in [-0.39, 0.29) is 5.56 Å². The zero-order valence-electron chi connectivity index (χ0n) is 7.26. The zero-order chi connectivity index (χ0) is 9.59. The molecule has 2 heterocycles. The lowest BCUT2D eigenvalue weighted by molar-refractivity contribution is 0.772. The van der Waals surface area contributed by atoms with E-state index in [0.29, 0.717) is 10.7 Å². The predicted octanol–water partition coefficient (Wildman–Crippen LogP) is 1.22. The minimum absolute atomic E-state index is 0.208. The highest BCUT2D eigenvalue weighted by atomic mass is 35.5. The summed E-state index contributed by atoms with van der Waals surface area (Å²) in [5, 5.41) is 5.41. The van der Waals surface area contributed by atoms with E-state index >= 15 is 0 Å². The summed E-state index contributed by atoms with van der Waals surface area (Å²) in [5.74, 6) is 0. The molecule has 1 N–H and O–H groups in total. The highest BCUT2D eigenvalue weighted by Crippen LogP contribution is 2.22. The first-order valence-corrected chi connectivity index (χ1v) is 4.19. The number of nitrogens with zero attached hydrogens (tertiary/aromatic N) is 2. The zero-order valence-corrected chi connectivity index (χ0v) is 8.01. The number of hydrogen-bond acceptors (Lipinski definition) is 2. The van der Waals surface area contributed by atoms with Crippen molar-refractivity contribution < 1.29 is 0 Å². The summed E-state index contributed by atoms with van der Waals surface area (Å²) < 4.78 is 1.61. The Morgan fingerprint density at radius 3 is 3.00 bits per heavy atom. The van der Waals surface area contributed by atoms with Gasteiger partial charge in [0.2, 0.25) is 0 Å². The SMILES string of the molecule is Cc1nn(C)c2[nH]c(=O)cc(Cl)c12. The van der Waals surface area contributed by atoms with Crippen LogP contribution in [0.15, 0.2) is 10.9 Å². The molecular weight excluding hydrogens is 190 g/mol. The van der Waals surface area contributed by atoms with E-state index < -0.39 is 0 Å². The van der Waals surface area contributed by atoms with E-state index in [2.05, 4.69) is 10.1 Å². The second kappa shape index (κ2) is 2.60. The molecule has 0 unspecified atom stereocenters. The molecule has 0 fully saturated rings. The second-order valence-corrected chi connectivity index (χ2v) is 3.32. The normalized spacial score (nSPS) is 11.0. The summed E-state index contributed by atoms with van der Waals surface area (Å²) in [4.78, 5) is 13.8. The number of aromatic nitrogens is 3. The van der Waals surface area contributed by atoms with E-state index in [1.54, 1.807) is 11.7 Å². The Hall–Kier alpha value is -1.29. The first-order valence-electron chi connectivity index (χ1n) is 3.81. The Morgan fingerprint density at radius 2 is 2.31 bits per heavy atom. The number of nitrogens with one attached hydrogen (secondary N) is 1. The van der Waals surface area contributed by atoms with Gasteiger partial charge in [-0.3, -0.25) is 9.48 Å². The van der Waals surface area contributed by atoms with Crippen LogP contribution < -0.4 is 5.56 Å². The third-order valence-electron chi connectivity index (χ3n) is 1.96. The topological polar surface area (TPSA) is 50.7 Å². The molecule has 4 nitrogen and oxygen atoms in total. The van der Waals surface area contributed by atoms with E-state index in [1.165, 1.54) is 6.07 Å². The van der Waals surface area contributed by atoms with E-state index in [0.717, 1.165) is 11.1 Å². The molecule has 0 aromatic carbocycles. The molecule has 0 bridgehead atoms. The standard InChI is InChI=1S/C8H8ClN3O/c1-4-7-5(9)3-6(13)10-8(7)12(2)11-4/h3H,1-2H3,(H,10,13). The molecule has 68 valence electrons. The number of aryl methyl sites for hydroxylation is 2. The van der Waals surface area contributed by atoms with Crippen LogP contribution in [0.25, 0.3) is 11.0 Å². The summed E-state index contributed by atoms with van der Waals surface area (Å²) in [6.07, 6.45) is 0. The first kappa shape index (κ1) is 8.31. The van der Waals surface area contributed by atoms with Gasteiger partial charge in [-0.25, -0.2) is 0 Å². The van der Waals surface area contributed by atoms with Gasteiger partial charge in [-0.05, 0) is 6.92 Å². The lowest BCUT2D eigenvalue weighted by atomic mass is 10.3. The summed E-state index contributed by atoms with van der Waals surface area (Å²) >= 11 is 5.91. The summed E-state index contributed by atoms with van der Waals surface area (Å²) in [7, 11) is 1.77. The molecule has 2 aromatic rings. The Labute approximate surface area is 79.1 Å². The maximum atomic E-state index is 11.1. The molecule has 0 aliphatic carbocycles. The van der Waals surface area contributed by atoms with Gasteiger partial charge in [0.25, 0.3) is 5.56 Å². The van der Waals surface area contributed by atoms with Crippen LogP contribution in [0.5, 0.6) is 0 Å². The molecular formula is C8H8ClN3O. The van der Waals surface area contributed by atoms with Crippen LogP contribution in [-0.4, -0.2) is 14.8 Å². The molecule has 0 saturated heterocycles. The van der Waals surface area contributed by atoms with Crippen LogP contribution in [0.3, 0.4) is 0 Å². The minimum atomic E-state index is -0.208. The van der Waals surface area contributed by atoms with E-state index in [9.17, 15) is 4.79 Å². The van der Waals surface area contributed by atoms with Gasteiger partial charge in [-0.2, -0.15) is 5.10 Å². The average Bonchev–Trinajstić information content (AvgIpc) is 2.27. The minimum Gasteiger partial charge on any atom is -0.307 e. The highest BCUT2D eigenvalue weighted by Gasteiger charge is 2.09. The molecule has 0 aliphatic heterocycles. The molecule has 0 spiro atoms. The van der Waals surface area contributed by atoms with Crippen LogP contribution in [0, 0.1) is 6.92 Å². The summed E-state index contributed by atoms with van der Waals surface area (Å²) in [6, 6.07) is 1.36. The van der Waals surface area contributed by atoms with Crippen LogP contribution in [0.2, 0.25) is 5.02 Å². The van der Waals surface area contributed by atoms with Crippen molar-refractivity contribution in [3.8, 4) is 0 Å². The Bertz CT molecular complexity index is 526. The van der Waals surface area contributed by atoms with Gasteiger partial charge >= 0.3 is 0 Å². The average molecular weight is 198 g/mol. The van der Waals surface area contributed by atoms with Crippen molar-refractivity contribution in [1.82, 2.24) is 14.8 Å². The number of aromatic amines is 1. The van der Waals surface area contributed by atoms with E-state index in [4.69, 9.17) is 11.6 Å². The number of H-pyrrole nitrogens is 1. The third kappa shape index (κ3) is 1.14. The van der Waals surface area contributed by atoms with Crippen molar-refractivity contribution in [2.75, 3.05) is 0 Å². The summed E-state index contributed by atoms with van der Waals surface area (Å²) in [5.41, 5.74) is 1.27. The molecule has 13 heavy (non-hydrogen) atoms. The Balaban J connectivity index is 3.06.